The maximum atomic E-state index is 12.4. The first-order valence-corrected chi connectivity index (χ1v) is 8.83. The number of nitrogens with zero attached hydrogens (tertiary/aromatic N) is 2. The predicted octanol–water partition coefficient (Wildman–Crippen LogP) is 4.69. The quantitative estimate of drug-likeness (QED) is 0.699. The van der Waals surface area contributed by atoms with Gasteiger partial charge in [0.05, 0.1) is 17.7 Å². The molecule has 0 aliphatic carbocycles. The van der Waals surface area contributed by atoms with Crippen molar-refractivity contribution in [3.63, 3.8) is 0 Å². The number of methoxy groups -OCH3 is 1. The van der Waals surface area contributed by atoms with E-state index in [9.17, 15) is 4.79 Å². The number of hydrogen-bond donors (Lipinski definition) is 0. The molecule has 3 rings (SSSR count). The summed E-state index contributed by atoms with van der Waals surface area (Å²) < 4.78 is 6.14. The van der Waals surface area contributed by atoms with E-state index in [0.717, 1.165) is 21.5 Å². The molecule has 0 bridgehead atoms. The topological polar surface area (TPSA) is 41.9 Å². The van der Waals surface area contributed by atoms with Gasteiger partial charge in [0.2, 0.25) is 0 Å². The van der Waals surface area contributed by atoms with Crippen LogP contribution >= 0.6 is 27.7 Å². The van der Waals surface area contributed by atoms with Gasteiger partial charge in [0.25, 0.3) is 5.91 Å². The van der Waals surface area contributed by atoms with E-state index < -0.39 is 0 Å². The van der Waals surface area contributed by atoms with Gasteiger partial charge in [-0.25, -0.2) is 4.99 Å². The third-order valence-corrected chi connectivity index (χ3v) is 5.06. The molecule has 1 saturated heterocycles. The van der Waals surface area contributed by atoms with E-state index in [1.54, 1.807) is 19.1 Å². The van der Waals surface area contributed by atoms with Crippen molar-refractivity contribution in [2.24, 2.45) is 4.99 Å². The Morgan fingerprint density at radius 1 is 1.12 bits per heavy atom. The van der Waals surface area contributed by atoms with Gasteiger partial charge in [0.1, 0.15) is 5.75 Å². The number of carbonyl (C=O) groups excluding carboxylic acids is 1. The van der Waals surface area contributed by atoms with Crippen molar-refractivity contribution in [2.45, 2.75) is 0 Å². The van der Waals surface area contributed by atoms with E-state index >= 15 is 0 Å². The van der Waals surface area contributed by atoms with Crippen LogP contribution in [0, 0.1) is 0 Å². The van der Waals surface area contributed by atoms with Crippen LogP contribution in [0.3, 0.4) is 0 Å². The molecule has 0 radical (unpaired) electrons. The molecule has 2 aromatic rings. The van der Waals surface area contributed by atoms with Crippen LogP contribution in [0.25, 0.3) is 6.08 Å². The second-order valence-corrected chi connectivity index (χ2v) is 7.04. The Hall–Kier alpha value is -2.05. The smallest absolute Gasteiger partial charge is 0.266 e. The molecule has 0 unspecified atom stereocenters. The fraction of sp³-hybridized carbons (Fsp3) is 0.111. The molecular weight excluding hydrogens is 388 g/mol. The van der Waals surface area contributed by atoms with Crippen LogP contribution in [0.4, 0.5) is 5.69 Å². The van der Waals surface area contributed by atoms with Crippen molar-refractivity contribution in [2.75, 3.05) is 14.2 Å². The summed E-state index contributed by atoms with van der Waals surface area (Å²) in [6.45, 7) is 0. The van der Waals surface area contributed by atoms with Gasteiger partial charge >= 0.3 is 0 Å². The molecule has 0 atom stereocenters. The van der Waals surface area contributed by atoms with Crippen molar-refractivity contribution in [3.8, 4) is 5.75 Å². The fourth-order valence-corrected chi connectivity index (χ4v) is 3.38. The molecule has 4 nitrogen and oxygen atoms in total. The first kappa shape index (κ1) is 16.8. The second kappa shape index (κ2) is 7.23. The Kier molecular flexibility index (Phi) is 5.06. The normalized spacial score (nSPS) is 17.8. The number of hydrogen-bond acceptors (Lipinski definition) is 4. The molecule has 1 aliphatic rings. The molecule has 0 N–H and O–H groups in total. The minimum absolute atomic E-state index is 0.0494. The number of likely N-dealkylation sites (N-methyl/N-ethyl adjacent to an activating group) is 1. The van der Waals surface area contributed by atoms with Gasteiger partial charge in [-0.15, -0.1) is 0 Å². The Morgan fingerprint density at radius 2 is 1.79 bits per heavy atom. The maximum Gasteiger partial charge on any atom is 0.266 e. The maximum absolute atomic E-state index is 12.4. The monoisotopic (exact) mass is 402 g/mol. The van der Waals surface area contributed by atoms with Crippen LogP contribution in [0.5, 0.6) is 5.75 Å². The number of thioether (sulfide) groups is 1. The summed E-state index contributed by atoms with van der Waals surface area (Å²) in [4.78, 5) is 19.2. The Labute approximate surface area is 153 Å². The van der Waals surface area contributed by atoms with Gasteiger partial charge in [-0.05, 0) is 59.8 Å². The van der Waals surface area contributed by atoms with Crippen molar-refractivity contribution in [1.29, 1.82) is 0 Å². The minimum atomic E-state index is -0.0494. The SMILES string of the molecule is COc1ccc(/C=C2\SC(=Nc3ccc(Br)cc3)N(C)C2=O)cc1. The average Bonchev–Trinajstić information content (AvgIpc) is 2.86. The Morgan fingerprint density at radius 3 is 2.42 bits per heavy atom. The lowest BCUT2D eigenvalue weighted by atomic mass is 10.2. The number of aliphatic imine (C=N–C) groups is 1. The van der Waals surface area contributed by atoms with Crippen LogP contribution in [0.2, 0.25) is 0 Å². The number of amides is 1. The molecule has 1 fully saturated rings. The third kappa shape index (κ3) is 3.71. The van der Waals surface area contributed by atoms with Gasteiger partial charge in [0, 0.05) is 11.5 Å². The number of ether oxygens (including phenoxy) is 1. The van der Waals surface area contributed by atoms with E-state index in [1.165, 1.54) is 11.8 Å². The van der Waals surface area contributed by atoms with E-state index in [2.05, 4.69) is 20.9 Å². The van der Waals surface area contributed by atoms with Crippen molar-refractivity contribution in [3.05, 3.63) is 63.5 Å². The highest BCUT2D eigenvalue weighted by Gasteiger charge is 2.30. The standard InChI is InChI=1S/C18H15BrN2O2S/c1-21-17(22)16(11-12-3-9-15(23-2)10-4-12)24-18(21)20-14-7-5-13(19)6-8-14/h3-11H,1-2H3/b16-11-,20-18?. The molecule has 24 heavy (non-hydrogen) atoms. The predicted molar refractivity (Wildman–Crippen MR) is 103 cm³/mol. The first-order valence-electron chi connectivity index (χ1n) is 7.23. The van der Waals surface area contributed by atoms with Gasteiger partial charge in [-0.1, -0.05) is 28.1 Å². The zero-order chi connectivity index (χ0) is 17.1. The van der Waals surface area contributed by atoms with Crippen molar-refractivity contribution >= 4 is 50.5 Å². The van der Waals surface area contributed by atoms with Crippen LogP contribution in [0.15, 0.2) is 62.9 Å². The largest absolute Gasteiger partial charge is 0.497 e. The summed E-state index contributed by atoms with van der Waals surface area (Å²) >= 11 is 4.78. The highest BCUT2D eigenvalue weighted by molar-refractivity contribution is 9.10. The van der Waals surface area contributed by atoms with E-state index in [0.29, 0.717) is 10.1 Å². The van der Waals surface area contributed by atoms with Gasteiger partial charge in [0.15, 0.2) is 5.17 Å². The molecule has 0 aromatic heterocycles. The molecular formula is C18H15BrN2O2S. The Bertz CT molecular complexity index is 814. The number of rotatable bonds is 3. The van der Waals surface area contributed by atoms with E-state index in [4.69, 9.17) is 4.74 Å². The average molecular weight is 403 g/mol. The summed E-state index contributed by atoms with van der Waals surface area (Å²) in [6, 6.07) is 15.2. The molecule has 2 aromatic carbocycles. The molecule has 0 spiro atoms. The summed E-state index contributed by atoms with van der Waals surface area (Å²) in [5, 5.41) is 0.669. The molecule has 0 saturated carbocycles. The number of benzene rings is 2. The zero-order valence-electron chi connectivity index (χ0n) is 13.2. The van der Waals surface area contributed by atoms with Crippen LogP contribution in [-0.4, -0.2) is 30.1 Å². The van der Waals surface area contributed by atoms with Gasteiger partial charge < -0.3 is 4.74 Å². The number of amidine groups is 1. The molecule has 1 heterocycles. The first-order chi connectivity index (χ1) is 11.6. The minimum Gasteiger partial charge on any atom is -0.497 e. The van der Waals surface area contributed by atoms with Crippen LogP contribution in [-0.2, 0) is 4.79 Å². The van der Waals surface area contributed by atoms with Crippen molar-refractivity contribution < 1.29 is 9.53 Å². The summed E-state index contributed by atoms with van der Waals surface area (Å²) in [7, 11) is 3.37. The second-order valence-electron chi connectivity index (χ2n) is 5.12. The Balaban J connectivity index is 1.85. The van der Waals surface area contributed by atoms with E-state index in [-0.39, 0.29) is 5.91 Å². The number of carbonyl (C=O) groups is 1. The highest BCUT2D eigenvalue weighted by Crippen LogP contribution is 2.33. The summed E-state index contributed by atoms with van der Waals surface area (Å²) in [5.41, 5.74) is 1.76. The molecule has 122 valence electrons. The van der Waals surface area contributed by atoms with Gasteiger partial charge in [-0.3, -0.25) is 9.69 Å². The number of halogens is 1. The van der Waals surface area contributed by atoms with Crippen molar-refractivity contribution in [1.82, 2.24) is 4.90 Å². The third-order valence-electron chi connectivity index (χ3n) is 3.47. The summed E-state index contributed by atoms with van der Waals surface area (Å²) in [6.07, 6.45) is 1.87. The fourth-order valence-electron chi connectivity index (χ4n) is 2.13. The zero-order valence-corrected chi connectivity index (χ0v) is 15.6. The molecule has 1 amide bonds. The highest BCUT2D eigenvalue weighted by atomic mass is 79.9. The molecule has 1 aliphatic heterocycles. The van der Waals surface area contributed by atoms with E-state index in [1.807, 2.05) is 54.6 Å². The lowest BCUT2D eigenvalue weighted by Crippen LogP contribution is -2.23. The van der Waals surface area contributed by atoms with Gasteiger partial charge in [-0.2, -0.15) is 0 Å². The lowest BCUT2D eigenvalue weighted by Gasteiger charge is -2.07. The van der Waals surface area contributed by atoms with Crippen LogP contribution < -0.4 is 4.74 Å². The molecule has 6 heteroatoms. The summed E-state index contributed by atoms with van der Waals surface area (Å²) in [5.74, 6) is 0.740. The lowest BCUT2D eigenvalue weighted by molar-refractivity contribution is -0.121. The van der Waals surface area contributed by atoms with Crippen LogP contribution in [0.1, 0.15) is 5.56 Å².